The number of ether oxygens (including phenoxy) is 1. The number of aromatic amines is 1. The summed E-state index contributed by atoms with van der Waals surface area (Å²) in [4.78, 5) is 7.85. The van der Waals surface area contributed by atoms with Gasteiger partial charge in [-0.05, 0) is 73.4 Å². The van der Waals surface area contributed by atoms with Gasteiger partial charge in [0, 0.05) is 0 Å². The number of H-pyrrole nitrogens is 1. The minimum atomic E-state index is 0.440. The Morgan fingerprint density at radius 3 is 2.50 bits per heavy atom. The number of aryl methyl sites for hydroxylation is 2. The quantitative estimate of drug-likeness (QED) is 0.238. The van der Waals surface area contributed by atoms with Gasteiger partial charge < -0.3 is 9.72 Å². The maximum absolute atomic E-state index is 9.71. The van der Waals surface area contributed by atoms with E-state index in [4.69, 9.17) is 16.3 Å². The Kier molecular flexibility index (Phi) is 8.76. The molecular weight excluding hydrogens is 418 g/mol. The number of fused-ring (bicyclic) bond motifs is 1. The van der Waals surface area contributed by atoms with Gasteiger partial charge in [-0.25, -0.2) is 4.98 Å². The summed E-state index contributed by atoms with van der Waals surface area (Å²) in [5, 5.41) is 10.3. The van der Waals surface area contributed by atoms with E-state index >= 15 is 0 Å². The first-order valence-corrected chi connectivity index (χ1v) is 11.9. The zero-order valence-electron chi connectivity index (χ0n) is 19.3. The van der Waals surface area contributed by atoms with Gasteiger partial charge in [0.05, 0.1) is 28.2 Å². The van der Waals surface area contributed by atoms with Crippen molar-refractivity contribution in [2.75, 3.05) is 6.61 Å². The van der Waals surface area contributed by atoms with Crippen molar-refractivity contribution in [3.05, 3.63) is 57.9 Å². The highest BCUT2D eigenvalue weighted by atomic mass is 35.5. The predicted molar refractivity (Wildman–Crippen MR) is 134 cm³/mol. The van der Waals surface area contributed by atoms with Crippen molar-refractivity contribution in [3.63, 3.8) is 0 Å². The van der Waals surface area contributed by atoms with E-state index < -0.39 is 0 Å². The fourth-order valence-corrected chi connectivity index (χ4v) is 3.90. The average molecular weight is 450 g/mol. The van der Waals surface area contributed by atoms with Crippen LogP contribution >= 0.6 is 11.6 Å². The van der Waals surface area contributed by atoms with Gasteiger partial charge in [0.1, 0.15) is 17.6 Å². The first-order chi connectivity index (χ1) is 15.5. The smallest absolute Gasteiger partial charge is 0.149 e. The van der Waals surface area contributed by atoms with Crippen LogP contribution in [0.25, 0.3) is 22.7 Å². The molecule has 32 heavy (non-hydrogen) atoms. The number of nitriles is 1. The number of nitrogens with zero attached hydrogens (tertiary/aromatic N) is 2. The van der Waals surface area contributed by atoms with Crippen molar-refractivity contribution >= 4 is 34.3 Å². The number of rotatable bonds is 11. The Morgan fingerprint density at radius 2 is 1.78 bits per heavy atom. The molecule has 0 aliphatic heterocycles. The molecule has 5 heteroatoms. The van der Waals surface area contributed by atoms with Gasteiger partial charge in [0.25, 0.3) is 0 Å². The van der Waals surface area contributed by atoms with Gasteiger partial charge in [-0.1, -0.05) is 57.0 Å². The van der Waals surface area contributed by atoms with Crippen molar-refractivity contribution in [1.29, 1.82) is 5.26 Å². The van der Waals surface area contributed by atoms with Crippen LogP contribution in [0.4, 0.5) is 0 Å². The maximum atomic E-state index is 9.71. The molecule has 0 fully saturated rings. The van der Waals surface area contributed by atoms with Crippen LogP contribution in [0.5, 0.6) is 5.75 Å². The summed E-state index contributed by atoms with van der Waals surface area (Å²) in [6.45, 7) is 7.05. The van der Waals surface area contributed by atoms with E-state index in [-0.39, 0.29) is 0 Å². The first-order valence-electron chi connectivity index (χ1n) is 11.5. The standard InChI is InChI=1S/C27H32ClN3O/c1-4-5-6-7-8-9-10-13-32-23-12-11-21(24(28)17-23)16-22(18-29)27-30-25-14-19(2)20(3)15-26(25)31-27/h11-12,14-17H,4-10,13H2,1-3H3,(H,30,31)/b22-16-. The molecule has 0 atom stereocenters. The van der Waals surface area contributed by atoms with Crippen LogP contribution in [0.15, 0.2) is 30.3 Å². The Labute approximate surface area is 196 Å². The Morgan fingerprint density at radius 1 is 1.06 bits per heavy atom. The number of hydrogen-bond donors (Lipinski definition) is 1. The molecule has 4 nitrogen and oxygen atoms in total. The third-order valence-corrected chi connectivity index (χ3v) is 6.09. The van der Waals surface area contributed by atoms with E-state index in [9.17, 15) is 5.26 Å². The Hall–Kier alpha value is -2.77. The van der Waals surface area contributed by atoms with Crippen LogP contribution in [-0.4, -0.2) is 16.6 Å². The summed E-state index contributed by atoms with van der Waals surface area (Å²) >= 11 is 6.48. The number of halogens is 1. The van der Waals surface area contributed by atoms with Crippen LogP contribution in [-0.2, 0) is 0 Å². The summed E-state index contributed by atoms with van der Waals surface area (Å²) in [6, 6.07) is 11.9. The van der Waals surface area contributed by atoms with E-state index in [1.807, 2.05) is 24.3 Å². The topological polar surface area (TPSA) is 61.7 Å². The summed E-state index contributed by atoms with van der Waals surface area (Å²) < 4.78 is 5.86. The second-order valence-corrected chi connectivity index (χ2v) is 8.77. The van der Waals surface area contributed by atoms with Crippen LogP contribution in [0.3, 0.4) is 0 Å². The summed E-state index contributed by atoms with van der Waals surface area (Å²) in [5.74, 6) is 1.30. The number of nitrogens with one attached hydrogen (secondary N) is 1. The SMILES string of the molecule is CCCCCCCCCOc1ccc(/C=C(/C#N)c2nc3cc(C)c(C)cc3[nH]2)c(Cl)c1. The molecule has 2 aromatic carbocycles. The molecule has 1 N–H and O–H groups in total. The molecule has 0 aliphatic carbocycles. The molecule has 3 rings (SSSR count). The van der Waals surface area contributed by atoms with Crippen LogP contribution < -0.4 is 4.74 Å². The van der Waals surface area contributed by atoms with E-state index in [2.05, 4.69) is 42.9 Å². The molecule has 0 aliphatic rings. The molecule has 0 saturated carbocycles. The van der Waals surface area contributed by atoms with E-state index in [1.165, 1.54) is 49.7 Å². The molecule has 0 unspecified atom stereocenters. The molecule has 0 saturated heterocycles. The lowest BCUT2D eigenvalue weighted by Gasteiger charge is -2.08. The molecule has 168 valence electrons. The molecule has 0 spiro atoms. The van der Waals surface area contributed by atoms with Gasteiger partial charge in [0.15, 0.2) is 0 Å². The Balaban J connectivity index is 1.63. The van der Waals surface area contributed by atoms with Crippen molar-refractivity contribution in [2.45, 2.75) is 65.7 Å². The number of unbranched alkanes of at least 4 members (excludes halogenated alkanes) is 6. The number of allylic oxidation sites excluding steroid dienone is 1. The summed E-state index contributed by atoms with van der Waals surface area (Å²) in [6.07, 6.45) is 10.5. The van der Waals surface area contributed by atoms with Gasteiger partial charge in [-0.3, -0.25) is 0 Å². The molecule has 0 amide bonds. The van der Waals surface area contributed by atoms with Crippen LogP contribution in [0.2, 0.25) is 5.02 Å². The third-order valence-electron chi connectivity index (χ3n) is 5.76. The summed E-state index contributed by atoms with van der Waals surface area (Å²) in [7, 11) is 0. The van der Waals surface area contributed by atoms with E-state index in [1.54, 1.807) is 6.08 Å². The largest absolute Gasteiger partial charge is 0.494 e. The highest BCUT2D eigenvalue weighted by Crippen LogP contribution is 2.27. The lowest BCUT2D eigenvalue weighted by molar-refractivity contribution is 0.304. The van der Waals surface area contributed by atoms with Crippen molar-refractivity contribution in [1.82, 2.24) is 9.97 Å². The summed E-state index contributed by atoms with van der Waals surface area (Å²) in [5.41, 5.74) is 5.34. The molecule has 1 aromatic heterocycles. The van der Waals surface area contributed by atoms with Gasteiger partial charge in [-0.2, -0.15) is 5.26 Å². The van der Waals surface area contributed by atoms with Gasteiger partial charge >= 0.3 is 0 Å². The fraction of sp³-hybridized carbons (Fsp3) is 0.407. The van der Waals surface area contributed by atoms with Crippen molar-refractivity contribution in [2.24, 2.45) is 0 Å². The molecule has 0 bridgehead atoms. The Bertz CT molecular complexity index is 1080. The number of imidazole rings is 1. The molecule has 3 aromatic rings. The van der Waals surface area contributed by atoms with Crippen LogP contribution in [0.1, 0.15) is 74.4 Å². The predicted octanol–water partition coefficient (Wildman–Crippen LogP) is 8.03. The van der Waals surface area contributed by atoms with Crippen molar-refractivity contribution < 1.29 is 4.74 Å². The lowest BCUT2D eigenvalue weighted by Crippen LogP contribution is -1.97. The van der Waals surface area contributed by atoms with Crippen molar-refractivity contribution in [3.8, 4) is 11.8 Å². The third kappa shape index (κ3) is 6.37. The molecular formula is C27H32ClN3O. The molecule has 1 heterocycles. The minimum Gasteiger partial charge on any atom is -0.494 e. The minimum absolute atomic E-state index is 0.440. The number of hydrogen-bond acceptors (Lipinski definition) is 3. The fourth-order valence-electron chi connectivity index (χ4n) is 3.67. The molecule has 0 radical (unpaired) electrons. The second kappa shape index (κ2) is 11.7. The second-order valence-electron chi connectivity index (χ2n) is 8.36. The number of benzene rings is 2. The lowest BCUT2D eigenvalue weighted by atomic mass is 10.1. The monoisotopic (exact) mass is 449 g/mol. The maximum Gasteiger partial charge on any atom is 0.149 e. The van der Waals surface area contributed by atoms with Gasteiger partial charge in [0.2, 0.25) is 0 Å². The zero-order chi connectivity index (χ0) is 22.9. The highest BCUT2D eigenvalue weighted by Gasteiger charge is 2.11. The highest BCUT2D eigenvalue weighted by molar-refractivity contribution is 6.32. The first kappa shape index (κ1) is 23.9. The zero-order valence-corrected chi connectivity index (χ0v) is 20.1. The van der Waals surface area contributed by atoms with E-state index in [0.29, 0.717) is 23.0 Å². The number of aromatic nitrogens is 2. The van der Waals surface area contributed by atoms with Crippen LogP contribution in [0, 0.1) is 25.2 Å². The normalized spacial score (nSPS) is 11.7. The average Bonchev–Trinajstić information content (AvgIpc) is 3.17. The van der Waals surface area contributed by atoms with E-state index in [0.717, 1.165) is 28.8 Å². The van der Waals surface area contributed by atoms with Gasteiger partial charge in [-0.15, -0.1) is 0 Å².